The molecule has 130 valence electrons. The number of fused-ring (bicyclic) bond motifs is 3. The minimum absolute atomic E-state index is 0.0199. The van der Waals surface area contributed by atoms with Gasteiger partial charge in [0.1, 0.15) is 5.75 Å². The summed E-state index contributed by atoms with van der Waals surface area (Å²) in [5.74, 6) is 0.847. The van der Waals surface area contributed by atoms with Crippen molar-refractivity contribution in [2.45, 2.75) is 24.6 Å². The molecule has 0 aromatic heterocycles. The average Bonchev–Trinajstić information content (AvgIpc) is 3.09. The van der Waals surface area contributed by atoms with Crippen LogP contribution >= 0.6 is 0 Å². The highest BCUT2D eigenvalue weighted by Crippen LogP contribution is 2.53. The Balaban J connectivity index is 1.87. The van der Waals surface area contributed by atoms with Crippen molar-refractivity contribution in [3.8, 4) is 5.75 Å². The largest absolute Gasteiger partial charge is 0.496 e. The van der Waals surface area contributed by atoms with Crippen LogP contribution in [-0.2, 0) is 6.18 Å². The predicted molar refractivity (Wildman–Crippen MR) is 90.8 cm³/mol. The Labute approximate surface area is 144 Å². The van der Waals surface area contributed by atoms with Gasteiger partial charge in [0.05, 0.1) is 24.4 Å². The Morgan fingerprint density at radius 1 is 1.04 bits per heavy atom. The zero-order valence-corrected chi connectivity index (χ0v) is 13.7. The quantitative estimate of drug-likeness (QED) is 0.722. The standard InChI is InChI=1S/C20H18F3NO/c1-25-17-11-3-2-6-15(17)18-13-8-4-7-12(13)14-9-5-10-16(19(14)24-18)20(21,22)23/h2-7,9-13,18,24H,8H2,1H3/t12-,13-,18-/m1/s1. The Morgan fingerprint density at radius 3 is 2.56 bits per heavy atom. The maximum Gasteiger partial charge on any atom is 0.418 e. The van der Waals surface area contributed by atoms with Gasteiger partial charge in [-0.2, -0.15) is 13.2 Å². The monoisotopic (exact) mass is 345 g/mol. The van der Waals surface area contributed by atoms with E-state index in [0.29, 0.717) is 5.75 Å². The molecule has 2 aromatic rings. The highest BCUT2D eigenvalue weighted by molar-refractivity contribution is 5.65. The number of anilines is 1. The zero-order chi connectivity index (χ0) is 17.6. The first kappa shape index (κ1) is 16.1. The van der Waals surface area contributed by atoms with Crippen LogP contribution in [0, 0.1) is 5.92 Å². The second-order valence-electron chi connectivity index (χ2n) is 6.49. The van der Waals surface area contributed by atoms with Gasteiger partial charge < -0.3 is 10.1 Å². The van der Waals surface area contributed by atoms with E-state index in [9.17, 15) is 13.2 Å². The Morgan fingerprint density at radius 2 is 1.80 bits per heavy atom. The summed E-state index contributed by atoms with van der Waals surface area (Å²) >= 11 is 0. The minimum Gasteiger partial charge on any atom is -0.496 e. The number of para-hydroxylation sites is 2. The Hall–Kier alpha value is -2.43. The van der Waals surface area contributed by atoms with Crippen molar-refractivity contribution < 1.29 is 17.9 Å². The first-order valence-electron chi connectivity index (χ1n) is 8.27. The summed E-state index contributed by atoms with van der Waals surface area (Å²) < 4.78 is 46.0. The van der Waals surface area contributed by atoms with Gasteiger partial charge in [-0.25, -0.2) is 0 Å². The van der Waals surface area contributed by atoms with E-state index < -0.39 is 11.7 Å². The first-order valence-corrected chi connectivity index (χ1v) is 8.27. The second kappa shape index (κ2) is 5.83. The van der Waals surface area contributed by atoms with Crippen LogP contribution in [0.5, 0.6) is 5.75 Å². The molecule has 1 aliphatic carbocycles. The maximum atomic E-state index is 13.5. The van der Waals surface area contributed by atoms with Gasteiger partial charge in [0.25, 0.3) is 0 Å². The summed E-state index contributed by atoms with van der Waals surface area (Å²) in [4.78, 5) is 0. The molecule has 1 N–H and O–H groups in total. The van der Waals surface area contributed by atoms with Crippen LogP contribution in [0.15, 0.2) is 54.6 Å². The van der Waals surface area contributed by atoms with Crippen molar-refractivity contribution in [1.82, 2.24) is 0 Å². The lowest BCUT2D eigenvalue weighted by Crippen LogP contribution is -2.31. The molecule has 2 aromatic carbocycles. The van der Waals surface area contributed by atoms with Gasteiger partial charge in [0.15, 0.2) is 0 Å². The van der Waals surface area contributed by atoms with Crippen LogP contribution in [0.2, 0.25) is 0 Å². The first-order chi connectivity index (χ1) is 12.0. The molecule has 0 amide bonds. The van der Waals surface area contributed by atoms with Crippen molar-refractivity contribution in [1.29, 1.82) is 0 Å². The predicted octanol–water partition coefficient (Wildman–Crippen LogP) is 5.54. The van der Waals surface area contributed by atoms with Gasteiger partial charge in [-0.1, -0.05) is 42.5 Å². The second-order valence-corrected chi connectivity index (χ2v) is 6.49. The zero-order valence-electron chi connectivity index (χ0n) is 13.7. The number of hydrogen-bond donors (Lipinski definition) is 1. The lowest BCUT2D eigenvalue weighted by atomic mass is 9.76. The Kier molecular flexibility index (Phi) is 3.74. The molecule has 2 aliphatic rings. The van der Waals surface area contributed by atoms with Gasteiger partial charge in [0, 0.05) is 11.5 Å². The van der Waals surface area contributed by atoms with Gasteiger partial charge in [-0.05, 0) is 30.0 Å². The van der Waals surface area contributed by atoms with Crippen molar-refractivity contribution in [2.24, 2.45) is 5.92 Å². The highest BCUT2D eigenvalue weighted by atomic mass is 19.4. The number of rotatable bonds is 2. The van der Waals surface area contributed by atoms with Crippen molar-refractivity contribution in [2.75, 3.05) is 12.4 Å². The third-order valence-electron chi connectivity index (χ3n) is 5.18. The molecule has 1 heterocycles. The normalized spacial score (nSPS) is 24.4. The summed E-state index contributed by atoms with van der Waals surface area (Å²) in [5, 5.41) is 3.19. The van der Waals surface area contributed by atoms with Crippen LogP contribution in [0.1, 0.15) is 35.1 Å². The summed E-state index contributed by atoms with van der Waals surface area (Å²) in [5.41, 5.74) is 1.20. The van der Waals surface area contributed by atoms with Crippen molar-refractivity contribution in [3.63, 3.8) is 0 Å². The summed E-state index contributed by atoms with van der Waals surface area (Å²) in [6.07, 6.45) is 0.538. The van der Waals surface area contributed by atoms with E-state index in [0.717, 1.165) is 23.6 Å². The van der Waals surface area contributed by atoms with Gasteiger partial charge in [-0.15, -0.1) is 0 Å². The molecule has 5 heteroatoms. The van der Waals surface area contributed by atoms with E-state index in [1.54, 1.807) is 13.2 Å². The van der Waals surface area contributed by atoms with Gasteiger partial charge in [-0.3, -0.25) is 0 Å². The molecule has 0 radical (unpaired) electrons. The highest BCUT2D eigenvalue weighted by Gasteiger charge is 2.43. The number of alkyl halides is 3. The molecule has 0 spiro atoms. The van der Waals surface area contributed by atoms with Crippen LogP contribution in [0.3, 0.4) is 0 Å². The lowest BCUT2D eigenvalue weighted by molar-refractivity contribution is -0.137. The molecular weight excluding hydrogens is 327 g/mol. The van der Waals surface area contributed by atoms with E-state index in [1.165, 1.54) is 6.07 Å². The number of hydrogen-bond acceptors (Lipinski definition) is 2. The van der Waals surface area contributed by atoms with Crippen LogP contribution in [-0.4, -0.2) is 7.11 Å². The molecule has 1 aliphatic heterocycles. The summed E-state index contributed by atoms with van der Waals surface area (Å²) in [6.45, 7) is 0. The van der Waals surface area contributed by atoms with E-state index >= 15 is 0 Å². The molecular formula is C20H18F3NO. The fourth-order valence-electron chi connectivity index (χ4n) is 4.09. The molecule has 0 bridgehead atoms. The van der Waals surface area contributed by atoms with Gasteiger partial charge in [0.2, 0.25) is 0 Å². The number of allylic oxidation sites excluding steroid dienone is 2. The van der Waals surface area contributed by atoms with E-state index in [4.69, 9.17) is 4.74 Å². The van der Waals surface area contributed by atoms with Gasteiger partial charge >= 0.3 is 6.18 Å². The lowest BCUT2D eigenvalue weighted by Gasteiger charge is -2.39. The SMILES string of the molecule is COc1ccccc1[C@@H]1Nc2c(cccc2C(F)(F)F)[C@@H]2C=CC[C@H]21. The summed E-state index contributed by atoms with van der Waals surface area (Å²) in [7, 11) is 1.58. The molecule has 0 unspecified atom stereocenters. The summed E-state index contributed by atoms with van der Waals surface area (Å²) in [6, 6.07) is 11.7. The smallest absolute Gasteiger partial charge is 0.418 e. The molecule has 3 atom stereocenters. The fraction of sp³-hybridized carbons (Fsp3) is 0.300. The van der Waals surface area contributed by atoms with Crippen molar-refractivity contribution >= 4 is 5.69 Å². The molecule has 2 nitrogen and oxygen atoms in total. The number of benzene rings is 2. The van der Waals surface area contributed by atoms with E-state index in [1.807, 2.05) is 30.3 Å². The molecule has 0 saturated carbocycles. The number of ether oxygens (including phenoxy) is 1. The van der Waals surface area contributed by atoms with Crippen molar-refractivity contribution in [3.05, 3.63) is 71.3 Å². The third kappa shape index (κ3) is 2.58. The average molecular weight is 345 g/mol. The topological polar surface area (TPSA) is 21.3 Å². The van der Waals surface area contributed by atoms with Crippen LogP contribution in [0.4, 0.5) is 18.9 Å². The fourth-order valence-corrected chi connectivity index (χ4v) is 4.09. The molecule has 0 saturated heterocycles. The minimum atomic E-state index is -4.39. The molecule has 4 rings (SSSR count). The number of methoxy groups -OCH3 is 1. The molecule has 0 fully saturated rings. The van der Waals surface area contributed by atoms with E-state index in [-0.39, 0.29) is 23.6 Å². The van der Waals surface area contributed by atoms with Crippen LogP contribution in [0.25, 0.3) is 0 Å². The number of halogens is 3. The van der Waals surface area contributed by atoms with E-state index in [2.05, 4.69) is 11.4 Å². The number of nitrogens with one attached hydrogen (secondary N) is 1. The van der Waals surface area contributed by atoms with Crippen LogP contribution < -0.4 is 10.1 Å². The maximum absolute atomic E-state index is 13.5. The molecule has 25 heavy (non-hydrogen) atoms. The third-order valence-corrected chi connectivity index (χ3v) is 5.18. The Bertz CT molecular complexity index is 828.